The maximum absolute atomic E-state index is 11.7. The van der Waals surface area contributed by atoms with Gasteiger partial charge in [-0.15, -0.1) is 0 Å². The van der Waals surface area contributed by atoms with Crippen molar-refractivity contribution in [2.75, 3.05) is 14.2 Å². The number of hydrogen-bond donors (Lipinski definition) is 0. The lowest BCUT2D eigenvalue weighted by Gasteiger charge is -2.13. The average Bonchev–Trinajstić information content (AvgIpc) is 2.89. The first-order valence-corrected chi connectivity index (χ1v) is 5.07. The summed E-state index contributed by atoms with van der Waals surface area (Å²) in [5, 5.41) is 1.38. The van der Waals surface area contributed by atoms with Crippen LogP contribution in [-0.2, 0) is 9.63 Å². The zero-order valence-corrected chi connectivity index (χ0v) is 8.32. The highest BCUT2D eigenvalue weighted by atomic mass is 16.7. The minimum atomic E-state index is 0.180. The van der Waals surface area contributed by atoms with Crippen molar-refractivity contribution in [3.8, 4) is 0 Å². The van der Waals surface area contributed by atoms with Gasteiger partial charge in [0.05, 0.1) is 7.11 Å². The number of fused-ring (bicyclic) bond motifs is 1. The maximum atomic E-state index is 11.7. The summed E-state index contributed by atoms with van der Waals surface area (Å²) in [5.41, 5.74) is 0. The monoisotopic (exact) mass is 183 g/mol. The molecule has 3 nitrogen and oxygen atoms in total. The first-order chi connectivity index (χ1) is 6.25. The van der Waals surface area contributed by atoms with Crippen LogP contribution in [-0.4, -0.2) is 25.1 Å². The molecule has 0 saturated heterocycles. The Balaban J connectivity index is 1.93. The third-order valence-corrected chi connectivity index (χ3v) is 3.53. The minimum absolute atomic E-state index is 0.180. The molecule has 2 aliphatic carbocycles. The largest absolute Gasteiger partial charge is 0.275 e. The Bertz CT molecular complexity index is 205. The van der Waals surface area contributed by atoms with Crippen LogP contribution < -0.4 is 0 Å². The van der Waals surface area contributed by atoms with Gasteiger partial charge in [0.2, 0.25) is 5.91 Å². The number of hydroxylamine groups is 2. The van der Waals surface area contributed by atoms with Gasteiger partial charge in [0.15, 0.2) is 0 Å². The predicted molar refractivity (Wildman–Crippen MR) is 48.7 cm³/mol. The third-order valence-electron chi connectivity index (χ3n) is 3.53. The van der Waals surface area contributed by atoms with E-state index in [1.54, 1.807) is 14.2 Å². The number of carbonyl (C=O) groups excluding carboxylic acids is 1. The number of amides is 1. The molecule has 0 N–H and O–H groups in total. The summed E-state index contributed by atoms with van der Waals surface area (Å²) in [7, 11) is 3.25. The molecular formula is C10H17NO2. The van der Waals surface area contributed by atoms with Gasteiger partial charge in [0, 0.05) is 13.0 Å². The SMILES string of the molecule is CON(C)C(=O)C1C2CCCCC21. The minimum Gasteiger partial charge on any atom is -0.275 e. The molecule has 2 saturated carbocycles. The standard InChI is InChI=1S/C10H17NO2/c1-11(13-2)10(12)9-7-5-3-4-6-8(7)9/h7-9H,3-6H2,1-2H3. The first-order valence-electron chi connectivity index (χ1n) is 5.07. The molecule has 0 heterocycles. The maximum Gasteiger partial charge on any atom is 0.249 e. The summed E-state index contributed by atoms with van der Waals surface area (Å²) in [6.07, 6.45) is 5.11. The molecule has 2 atom stereocenters. The Labute approximate surface area is 79.0 Å². The lowest BCUT2D eigenvalue weighted by atomic mass is 10.0. The molecule has 2 rings (SSSR count). The van der Waals surface area contributed by atoms with Gasteiger partial charge in [-0.3, -0.25) is 9.63 Å². The Hall–Kier alpha value is -0.570. The van der Waals surface area contributed by atoms with E-state index in [1.807, 2.05) is 0 Å². The van der Waals surface area contributed by atoms with E-state index in [1.165, 1.54) is 30.7 Å². The zero-order valence-electron chi connectivity index (χ0n) is 8.32. The molecule has 2 unspecified atom stereocenters. The van der Waals surface area contributed by atoms with Gasteiger partial charge >= 0.3 is 0 Å². The van der Waals surface area contributed by atoms with Gasteiger partial charge in [-0.1, -0.05) is 12.8 Å². The van der Waals surface area contributed by atoms with E-state index in [0.29, 0.717) is 11.8 Å². The van der Waals surface area contributed by atoms with Gasteiger partial charge < -0.3 is 0 Å². The predicted octanol–water partition coefficient (Wildman–Crippen LogP) is 1.44. The van der Waals surface area contributed by atoms with E-state index in [0.717, 1.165) is 0 Å². The molecule has 0 aromatic heterocycles. The van der Waals surface area contributed by atoms with Gasteiger partial charge in [-0.25, -0.2) is 5.06 Å². The quantitative estimate of drug-likeness (QED) is 0.606. The van der Waals surface area contributed by atoms with Crippen molar-refractivity contribution < 1.29 is 9.63 Å². The number of rotatable bonds is 2. The molecule has 1 amide bonds. The second-order valence-electron chi connectivity index (χ2n) is 4.16. The number of hydrogen-bond acceptors (Lipinski definition) is 2. The molecular weight excluding hydrogens is 166 g/mol. The summed E-state index contributed by atoms with van der Waals surface area (Å²) < 4.78 is 0. The Kier molecular flexibility index (Phi) is 2.28. The highest BCUT2D eigenvalue weighted by Gasteiger charge is 2.55. The first kappa shape index (κ1) is 9.00. The van der Waals surface area contributed by atoms with Crippen LogP contribution >= 0.6 is 0 Å². The van der Waals surface area contributed by atoms with Crippen LogP contribution in [0.5, 0.6) is 0 Å². The molecule has 0 aromatic carbocycles. The van der Waals surface area contributed by atoms with Gasteiger partial charge in [-0.05, 0) is 24.7 Å². The van der Waals surface area contributed by atoms with E-state index >= 15 is 0 Å². The molecule has 0 spiro atoms. The second kappa shape index (κ2) is 3.29. The van der Waals surface area contributed by atoms with Crippen LogP contribution in [0.15, 0.2) is 0 Å². The van der Waals surface area contributed by atoms with Gasteiger partial charge in [0.1, 0.15) is 0 Å². The van der Waals surface area contributed by atoms with Crippen LogP contribution in [0.4, 0.5) is 0 Å². The van der Waals surface area contributed by atoms with E-state index in [2.05, 4.69) is 0 Å². The molecule has 0 aliphatic heterocycles. The highest BCUT2D eigenvalue weighted by molar-refractivity contribution is 5.81. The van der Waals surface area contributed by atoms with Crippen LogP contribution in [0.25, 0.3) is 0 Å². The van der Waals surface area contributed by atoms with Crippen LogP contribution in [0.2, 0.25) is 0 Å². The molecule has 13 heavy (non-hydrogen) atoms. The van der Waals surface area contributed by atoms with Crippen LogP contribution in [0.1, 0.15) is 25.7 Å². The fourth-order valence-corrected chi connectivity index (χ4v) is 2.66. The molecule has 0 bridgehead atoms. The summed E-state index contributed by atoms with van der Waals surface area (Å²) in [4.78, 5) is 16.6. The smallest absolute Gasteiger partial charge is 0.249 e. The zero-order chi connectivity index (χ0) is 9.42. The van der Waals surface area contributed by atoms with Gasteiger partial charge in [-0.2, -0.15) is 0 Å². The fraction of sp³-hybridized carbons (Fsp3) is 0.900. The lowest BCUT2D eigenvalue weighted by Crippen LogP contribution is -2.27. The third kappa shape index (κ3) is 1.46. The fourth-order valence-electron chi connectivity index (χ4n) is 2.66. The Morgan fingerprint density at radius 2 is 1.85 bits per heavy atom. The van der Waals surface area contributed by atoms with Gasteiger partial charge in [0.25, 0.3) is 0 Å². The summed E-state index contributed by atoms with van der Waals surface area (Å²) in [6.45, 7) is 0. The normalized spacial score (nSPS) is 36.6. The van der Waals surface area contributed by atoms with E-state index in [9.17, 15) is 4.79 Å². The van der Waals surface area contributed by atoms with Crippen molar-refractivity contribution in [3.05, 3.63) is 0 Å². The summed E-state index contributed by atoms with van der Waals surface area (Å²) >= 11 is 0. The molecule has 2 aliphatic rings. The summed E-state index contributed by atoms with van der Waals surface area (Å²) in [5.74, 6) is 1.82. The van der Waals surface area contributed by atoms with E-state index < -0.39 is 0 Å². The van der Waals surface area contributed by atoms with Crippen molar-refractivity contribution >= 4 is 5.91 Å². The second-order valence-corrected chi connectivity index (χ2v) is 4.16. The van der Waals surface area contributed by atoms with Crippen molar-refractivity contribution in [2.45, 2.75) is 25.7 Å². The average molecular weight is 183 g/mol. The van der Waals surface area contributed by atoms with Crippen molar-refractivity contribution in [1.29, 1.82) is 0 Å². The molecule has 3 heteroatoms. The van der Waals surface area contributed by atoms with Crippen molar-refractivity contribution in [3.63, 3.8) is 0 Å². The lowest BCUT2D eigenvalue weighted by molar-refractivity contribution is -0.170. The van der Waals surface area contributed by atoms with E-state index in [4.69, 9.17) is 4.84 Å². The van der Waals surface area contributed by atoms with Crippen LogP contribution in [0, 0.1) is 17.8 Å². The summed E-state index contributed by atoms with van der Waals surface area (Å²) in [6, 6.07) is 0. The number of carbonyl (C=O) groups is 1. The molecule has 0 aromatic rings. The molecule has 74 valence electrons. The Morgan fingerprint density at radius 3 is 2.31 bits per heavy atom. The topological polar surface area (TPSA) is 29.5 Å². The van der Waals surface area contributed by atoms with Crippen molar-refractivity contribution in [1.82, 2.24) is 5.06 Å². The highest BCUT2D eigenvalue weighted by Crippen LogP contribution is 2.55. The van der Waals surface area contributed by atoms with E-state index in [-0.39, 0.29) is 11.8 Å². The van der Waals surface area contributed by atoms with Crippen molar-refractivity contribution in [2.24, 2.45) is 17.8 Å². The molecule has 0 radical (unpaired) electrons. The Morgan fingerprint density at radius 1 is 1.31 bits per heavy atom. The molecule has 2 fully saturated rings. The van der Waals surface area contributed by atoms with Crippen LogP contribution in [0.3, 0.4) is 0 Å². The number of nitrogens with zero attached hydrogens (tertiary/aromatic N) is 1.